The summed E-state index contributed by atoms with van der Waals surface area (Å²) in [5, 5.41) is 4.03. The molecule has 1 rings (SSSR count). The molecule has 20 heavy (non-hydrogen) atoms. The Balaban J connectivity index is 3.11. The third-order valence-electron chi connectivity index (χ3n) is 3.46. The summed E-state index contributed by atoms with van der Waals surface area (Å²) in [6, 6.07) is 0. The van der Waals surface area contributed by atoms with Crippen LogP contribution in [0.5, 0.6) is 0 Å². The Hall–Kier alpha value is -1.17. The zero-order valence-electron chi connectivity index (χ0n) is 12.9. The summed E-state index contributed by atoms with van der Waals surface area (Å²) in [4.78, 5) is 11.8. The second-order valence-electron chi connectivity index (χ2n) is 5.17. The highest BCUT2D eigenvalue weighted by molar-refractivity contribution is 7.91. The van der Waals surface area contributed by atoms with Crippen LogP contribution in [0.1, 0.15) is 56.4 Å². The van der Waals surface area contributed by atoms with Crippen LogP contribution in [-0.4, -0.2) is 35.0 Å². The van der Waals surface area contributed by atoms with Gasteiger partial charge in [-0.1, -0.05) is 13.8 Å². The van der Waals surface area contributed by atoms with Gasteiger partial charge in [0.1, 0.15) is 0 Å². The predicted molar refractivity (Wildman–Crippen MR) is 79.9 cm³/mol. The summed E-state index contributed by atoms with van der Waals surface area (Å²) in [7, 11) is -3.10. The van der Waals surface area contributed by atoms with Crippen molar-refractivity contribution in [1.82, 2.24) is 9.78 Å². The molecule has 1 aromatic rings. The summed E-state index contributed by atoms with van der Waals surface area (Å²) in [5.74, 6) is 0.0523. The number of carbonyl (C=O) groups excluding carboxylic acids is 1. The van der Waals surface area contributed by atoms with E-state index >= 15 is 0 Å². The molecule has 0 saturated carbocycles. The second kappa shape index (κ2) is 6.52. The summed E-state index contributed by atoms with van der Waals surface area (Å²) >= 11 is 0. The zero-order valence-corrected chi connectivity index (χ0v) is 13.7. The van der Waals surface area contributed by atoms with E-state index in [9.17, 15) is 13.2 Å². The minimum atomic E-state index is -3.10. The molecule has 0 N–H and O–H groups in total. The first-order valence-corrected chi connectivity index (χ1v) is 8.77. The van der Waals surface area contributed by atoms with Gasteiger partial charge < -0.3 is 0 Å². The lowest BCUT2D eigenvalue weighted by Crippen LogP contribution is -2.22. The number of nitrogens with zero attached hydrogens (tertiary/aromatic N) is 2. The average molecular weight is 300 g/mol. The minimum Gasteiger partial charge on any atom is -0.294 e. The van der Waals surface area contributed by atoms with Crippen molar-refractivity contribution >= 4 is 15.6 Å². The lowest BCUT2D eigenvalue weighted by atomic mass is 10.1. The van der Waals surface area contributed by atoms with Gasteiger partial charge in [-0.15, -0.1) is 0 Å². The van der Waals surface area contributed by atoms with Gasteiger partial charge in [0.25, 0.3) is 0 Å². The molecule has 5 nitrogen and oxygen atoms in total. The smallest absolute Gasteiger partial charge is 0.163 e. The number of aromatic nitrogens is 2. The number of hydrogen-bond acceptors (Lipinski definition) is 4. The van der Waals surface area contributed by atoms with Gasteiger partial charge in [0.2, 0.25) is 0 Å². The van der Waals surface area contributed by atoms with Gasteiger partial charge in [-0.25, -0.2) is 8.42 Å². The van der Waals surface area contributed by atoms with Gasteiger partial charge in [-0.05, 0) is 33.6 Å². The molecule has 1 aromatic heterocycles. The van der Waals surface area contributed by atoms with Gasteiger partial charge in [0.05, 0.1) is 28.8 Å². The van der Waals surface area contributed by atoms with Crippen molar-refractivity contribution in [1.29, 1.82) is 0 Å². The summed E-state index contributed by atoms with van der Waals surface area (Å²) in [5.41, 5.74) is 2.27. The van der Waals surface area contributed by atoms with Crippen LogP contribution in [-0.2, 0) is 29.2 Å². The molecule has 0 aliphatic heterocycles. The zero-order chi connectivity index (χ0) is 15.5. The molecule has 0 aliphatic carbocycles. The minimum absolute atomic E-state index is 0.00309. The number of Topliss-reactive ketones (excluding diaryl/α,β-unsaturated/α-hetero) is 1. The van der Waals surface area contributed by atoms with Crippen molar-refractivity contribution < 1.29 is 13.2 Å². The lowest BCUT2D eigenvalue weighted by molar-refractivity contribution is 0.101. The van der Waals surface area contributed by atoms with Crippen molar-refractivity contribution in [3.05, 3.63) is 17.0 Å². The molecule has 0 aromatic carbocycles. The van der Waals surface area contributed by atoms with Crippen molar-refractivity contribution in [3.63, 3.8) is 0 Å². The Labute approximate surface area is 121 Å². The van der Waals surface area contributed by atoms with Crippen molar-refractivity contribution in [2.45, 2.75) is 59.3 Å². The van der Waals surface area contributed by atoms with E-state index < -0.39 is 9.84 Å². The molecule has 0 aliphatic rings. The Bertz CT molecular complexity index is 586. The molecule has 0 atom stereocenters. The SMILES string of the molecule is CCc1nn(CCS(=O)(=O)C(C)C)c(CC)c1C(C)=O. The van der Waals surface area contributed by atoms with Gasteiger partial charge in [-0.3, -0.25) is 9.48 Å². The highest BCUT2D eigenvalue weighted by atomic mass is 32.2. The Morgan fingerprint density at radius 3 is 2.25 bits per heavy atom. The molecule has 0 bridgehead atoms. The predicted octanol–water partition coefficient (Wildman–Crippen LogP) is 2.03. The maximum atomic E-state index is 11.9. The summed E-state index contributed by atoms with van der Waals surface area (Å²) < 4.78 is 25.5. The van der Waals surface area contributed by atoms with Gasteiger partial charge >= 0.3 is 0 Å². The van der Waals surface area contributed by atoms with E-state index in [1.54, 1.807) is 18.5 Å². The monoisotopic (exact) mass is 300 g/mol. The van der Waals surface area contributed by atoms with Crippen LogP contribution < -0.4 is 0 Å². The van der Waals surface area contributed by atoms with E-state index in [2.05, 4.69) is 5.10 Å². The van der Waals surface area contributed by atoms with Crippen LogP contribution in [0.15, 0.2) is 0 Å². The molecule has 1 heterocycles. The topological polar surface area (TPSA) is 69.0 Å². The largest absolute Gasteiger partial charge is 0.294 e. The number of carbonyl (C=O) groups is 1. The molecular weight excluding hydrogens is 276 g/mol. The van der Waals surface area contributed by atoms with Gasteiger partial charge in [0.15, 0.2) is 15.6 Å². The molecule has 0 unspecified atom stereocenters. The summed E-state index contributed by atoms with van der Waals surface area (Å²) in [6.07, 6.45) is 1.34. The van der Waals surface area contributed by atoms with Crippen molar-refractivity contribution in [2.75, 3.05) is 5.75 Å². The van der Waals surface area contributed by atoms with Crippen LogP contribution in [0.4, 0.5) is 0 Å². The fourth-order valence-corrected chi connectivity index (χ4v) is 3.10. The Kier molecular flexibility index (Phi) is 5.50. The Morgan fingerprint density at radius 2 is 1.85 bits per heavy atom. The highest BCUT2D eigenvalue weighted by Gasteiger charge is 2.21. The van der Waals surface area contributed by atoms with Crippen molar-refractivity contribution in [2.24, 2.45) is 0 Å². The number of aryl methyl sites for hydroxylation is 2. The van der Waals surface area contributed by atoms with Crippen LogP contribution in [0.3, 0.4) is 0 Å². The highest BCUT2D eigenvalue weighted by Crippen LogP contribution is 2.17. The van der Waals surface area contributed by atoms with E-state index in [4.69, 9.17) is 0 Å². The normalized spacial score (nSPS) is 12.1. The van der Waals surface area contributed by atoms with E-state index in [0.29, 0.717) is 24.9 Å². The first-order valence-electron chi connectivity index (χ1n) is 7.05. The fraction of sp³-hybridized carbons (Fsp3) is 0.714. The molecule has 6 heteroatoms. The van der Waals surface area contributed by atoms with E-state index in [1.807, 2.05) is 13.8 Å². The molecule has 114 valence electrons. The molecular formula is C14H24N2O3S. The van der Waals surface area contributed by atoms with Crippen LogP contribution in [0.25, 0.3) is 0 Å². The first-order chi connectivity index (χ1) is 9.24. The van der Waals surface area contributed by atoms with Crippen LogP contribution in [0, 0.1) is 0 Å². The average Bonchev–Trinajstić information content (AvgIpc) is 2.74. The number of ketones is 1. The number of sulfone groups is 1. The molecule has 0 saturated heterocycles. The van der Waals surface area contributed by atoms with E-state index in [1.165, 1.54) is 6.92 Å². The van der Waals surface area contributed by atoms with Gasteiger partial charge in [-0.2, -0.15) is 5.10 Å². The third-order valence-corrected chi connectivity index (χ3v) is 5.65. The van der Waals surface area contributed by atoms with Crippen LogP contribution >= 0.6 is 0 Å². The molecule has 0 amide bonds. The maximum Gasteiger partial charge on any atom is 0.163 e. The maximum absolute atomic E-state index is 11.9. The van der Waals surface area contributed by atoms with Crippen molar-refractivity contribution in [3.8, 4) is 0 Å². The Morgan fingerprint density at radius 1 is 1.25 bits per heavy atom. The molecule has 0 spiro atoms. The molecule has 0 fully saturated rings. The van der Waals surface area contributed by atoms with Crippen LogP contribution in [0.2, 0.25) is 0 Å². The first kappa shape index (κ1) is 16.9. The number of hydrogen-bond donors (Lipinski definition) is 0. The fourth-order valence-electron chi connectivity index (χ4n) is 2.20. The number of rotatable bonds is 7. The standard InChI is InChI=1S/C14H24N2O3S/c1-6-12-14(11(5)17)13(7-2)16(15-12)8-9-20(18,19)10(3)4/h10H,6-9H2,1-5H3. The summed E-state index contributed by atoms with van der Waals surface area (Å²) in [6.45, 7) is 9.10. The van der Waals surface area contributed by atoms with E-state index in [-0.39, 0.29) is 16.8 Å². The second-order valence-corrected chi connectivity index (χ2v) is 7.85. The van der Waals surface area contributed by atoms with E-state index in [0.717, 1.165) is 11.4 Å². The molecule has 0 radical (unpaired) electrons. The lowest BCUT2D eigenvalue weighted by Gasteiger charge is -2.10. The third kappa shape index (κ3) is 3.48. The van der Waals surface area contributed by atoms with Gasteiger partial charge in [0, 0.05) is 5.69 Å². The quantitative estimate of drug-likeness (QED) is 0.723.